The Kier molecular flexibility index (Phi) is 4.83. The molecule has 0 saturated carbocycles. The van der Waals surface area contributed by atoms with Crippen LogP contribution in [0.3, 0.4) is 0 Å². The molecule has 0 aliphatic heterocycles. The largest absolute Gasteiger partial charge is 0.366 e. The first-order valence-electron chi connectivity index (χ1n) is 7.20. The van der Waals surface area contributed by atoms with Crippen molar-refractivity contribution < 1.29 is 0 Å². The highest BCUT2D eigenvalue weighted by Gasteiger charge is 2.06. The Bertz CT molecular complexity index is 775. The van der Waals surface area contributed by atoms with Gasteiger partial charge in [0.15, 0.2) is 0 Å². The molecule has 0 saturated heterocycles. The van der Waals surface area contributed by atoms with E-state index in [0.29, 0.717) is 12.5 Å². The second-order valence-corrected chi connectivity index (χ2v) is 5.85. The number of hydrogen-bond donors (Lipinski definition) is 2. The Morgan fingerprint density at radius 3 is 2.61 bits per heavy atom. The molecule has 23 heavy (non-hydrogen) atoms. The van der Waals surface area contributed by atoms with Crippen LogP contribution in [-0.4, -0.2) is 22.0 Å². The standard InChI is InChI=1S/C17H16BrN5/c1-19-17-22-15(13-3-2-8-20-11-13)9-16(23-17)21-10-12-4-6-14(18)7-5-12/h2-9,11H,10H2,1H3,(H2,19,21,22,23). The molecule has 0 aliphatic rings. The van der Waals surface area contributed by atoms with Crippen LogP contribution in [0.1, 0.15) is 5.56 Å². The Morgan fingerprint density at radius 1 is 1.09 bits per heavy atom. The van der Waals surface area contributed by atoms with Crippen molar-refractivity contribution >= 4 is 27.7 Å². The zero-order chi connectivity index (χ0) is 16.1. The predicted octanol–water partition coefficient (Wildman–Crippen LogP) is 3.95. The zero-order valence-electron chi connectivity index (χ0n) is 12.6. The molecule has 0 bridgehead atoms. The highest BCUT2D eigenvalue weighted by atomic mass is 79.9. The summed E-state index contributed by atoms with van der Waals surface area (Å²) in [5.74, 6) is 1.34. The molecule has 0 amide bonds. The Hall–Kier alpha value is -2.47. The van der Waals surface area contributed by atoms with Crippen LogP contribution in [0.2, 0.25) is 0 Å². The number of halogens is 1. The molecule has 0 unspecified atom stereocenters. The molecule has 2 N–H and O–H groups in total. The molecule has 0 spiro atoms. The monoisotopic (exact) mass is 369 g/mol. The minimum absolute atomic E-state index is 0.574. The van der Waals surface area contributed by atoms with Gasteiger partial charge in [-0.3, -0.25) is 4.98 Å². The second kappa shape index (κ2) is 7.19. The van der Waals surface area contributed by atoms with Gasteiger partial charge in [-0.05, 0) is 29.8 Å². The summed E-state index contributed by atoms with van der Waals surface area (Å²) in [7, 11) is 1.81. The summed E-state index contributed by atoms with van der Waals surface area (Å²) >= 11 is 3.44. The topological polar surface area (TPSA) is 62.7 Å². The van der Waals surface area contributed by atoms with Gasteiger partial charge in [-0.2, -0.15) is 4.98 Å². The molecule has 116 valence electrons. The van der Waals surface area contributed by atoms with Crippen molar-refractivity contribution in [3.05, 3.63) is 64.9 Å². The van der Waals surface area contributed by atoms with E-state index in [0.717, 1.165) is 21.5 Å². The molecule has 1 aromatic carbocycles. The lowest BCUT2D eigenvalue weighted by molar-refractivity contribution is 1.08. The first kappa shape index (κ1) is 15.4. The lowest BCUT2D eigenvalue weighted by Crippen LogP contribution is -2.05. The van der Waals surface area contributed by atoms with Gasteiger partial charge in [0.05, 0.1) is 5.69 Å². The van der Waals surface area contributed by atoms with Crippen LogP contribution in [0, 0.1) is 0 Å². The summed E-state index contributed by atoms with van der Waals surface area (Å²) < 4.78 is 1.07. The predicted molar refractivity (Wildman–Crippen MR) is 96.3 cm³/mol. The summed E-state index contributed by atoms with van der Waals surface area (Å²) in [6.45, 7) is 0.694. The van der Waals surface area contributed by atoms with Crippen LogP contribution in [0.5, 0.6) is 0 Å². The molecule has 0 fully saturated rings. The van der Waals surface area contributed by atoms with Crippen LogP contribution in [0.25, 0.3) is 11.3 Å². The van der Waals surface area contributed by atoms with Crippen molar-refractivity contribution in [1.29, 1.82) is 0 Å². The third-order valence-electron chi connectivity index (χ3n) is 3.29. The Balaban J connectivity index is 1.82. The highest BCUT2D eigenvalue weighted by molar-refractivity contribution is 9.10. The van der Waals surface area contributed by atoms with E-state index in [1.165, 1.54) is 5.56 Å². The van der Waals surface area contributed by atoms with E-state index in [9.17, 15) is 0 Å². The van der Waals surface area contributed by atoms with E-state index < -0.39 is 0 Å². The van der Waals surface area contributed by atoms with Crippen molar-refractivity contribution in [3.63, 3.8) is 0 Å². The van der Waals surface area contributed by atoms with Crippen LogP contribution >= 0.6 is 15.9 Å². The molecular weight excluding hydrogens is 354 g/mol. The van der Waals surface area contributed by atoms with Gasteiger partial charge < -0.3 is 10.6 Å². The first-order chi connectivity index (χ1) is 11.2. The van der Waals surface area contributed by atoms with Gasteiger partial charge in [0.1, 0.15) is 5.82 Å². The number of aromatic nitrogens is 3. The van der Waals surface area contributed by atoms with Crippen LogP contribution in [0.4, 0.5) is 11.8 Å². The third-order valence-corrected chi connectivity index (χ3v) is 3.82. The smallest absolute Gasteiger partial charge is 0.224 e. The van der Waals surface area contributed by atoms with E-state index in [1.807, 2.05) is 30.3 Å². The molecule has 5 nitrogen and oxygen atoms in total. The number of rotatable bonds is 5. The van der Waals surface area contributed by atoms with Gasteiger partial charge in [-0.15, -0.1) is 0 Å². The lowest BCUT2D eigenvalue weighted by Gasteiger charge is -2.10. The van der Waals surface area contributed by atoms with E-state index in [1.54, 1.807) is 19.4 Å². The van der Waals surface area contributed by atoms with Crippen molar-refractivity contribution in [1.82, 2.24) is 15.0 Å². The zero-order valence-corrected chi connectivity index (χ0v) is 14.2. The summed E-state index contributed by atoms with van der Waals surface area (Å²) in [4.78, 5) is 13.1. The maximum absolute atomic E-state index is 4.48. The molecule has 0 atom stereocenters. The van der Waals surface area contributed by atoms with Gasteiger partial charge in [0.2, 0.25) is 5.95 Å². The quantitative estimate of drug-likeness (QED) is 0.712. The SMILES string of the molecule is CNc1nc(NCc2ccc(Br)cc2)cc(-c2cccnc2)n1. The molecule has 0 aliphatic carbocycles. The van der Waals surface area contributed by atoms with Crippen molar-refractivity contribution in [3.8, 4) is 11.3 Å². The fourth-order valence-electron chi connectivity index (χ4n) is 2.11. The summed E-state index contributed by atoms with van der Waals surface area (Å²) in [5, 5.41) is 6.33. The first-order valence-corrected chi connectivity index (χ1v) is 7.99. The third kappa shape index (κ3) is 4.04. The number of anilines is 2. The number of nitrogens with zero attached hydrogens (tertiary/aromatic N) is 3. The summed E-state index contributed by atoms with van der Waals surface area (Å²) in [5.41, 5.74) is 2.97. The van der Waals surface area contributed by atoms with Gasteiger partial charge in [0.25, 0.3) is 0 Å². The van der Waals surface area contributed by atoms with E-state index in [-0.39, 0.29) is 0 Å². The van der Waals surface area contributed by atoms with Gasteiger partial charge in [-0.1, -0.05) is 28.1 Å². The molecule has 3 rings (SSSR count). The molecular formula is C17H16BrN5. The molecule has 6 heteroatoms. The molecule has 0 radical (unpaired) electrons. The summed E-state index contributed by atoms with van der Waals surface area (Å²) in [6.07, 6.45) is 3.54. The fourth-order valence-corrected chi connectivity index (χ4v) is 2.37. The number of nitrogens with one attached hydrogen (secondary N) is 2. The maximum Gasteiger partial charge on any atom is 0.224 e. The second-order valence-electron chi connectivity index (χ2n) is 4.93. The van der Waals surface area contributed by atoms with E-state index in [2.05, 4.69) is 53.6 Å². The fraction of sp³-hybridized carbons (Fsp3) is 0.118. The van der Waals surface area contributed by atoms with Crippen molar-refractivity contribution in [2.24, 2.45) is 0 Å². The lowest BCUT2D eigenvalue weighted by atomic mass is 10.2. The van der Waals surface area contributed by atoms with E-state index in [4.69, 9.17) is 0 Å². The average molecular weight is 370 g/mol. The van der Waals surface area contributed by atoms with Crippen LogP contribution in [0.15, 0.2) is 59.3 Å². The van der Waals surface area contributed by atoms with Gasteiger partial charge in [0, 0.05) is 42.1 Å². The molecule has 3 aromatic rings. The van der Waals surface area contributed by atoms with E-state index >= 15 is 0 Å². The maximum atomic E-state index is 4.48. The minimum Gasteiger partial charge on any atom is -0.366 e. The van der Waals surface area contributed by atoms with Crippen molar-refractivity contribution in [2.45, 2.75) is 6.54 Å². The van der Waals surface area contributed by atoms with Gasteiger partial charge in [-0.25, -0.2) is 4.98 Å². The number of pyridine rings is 1. The Morgan fingerprint density at radius 2 is 1.91 bits per heavy atom. The normalized spacial score (nSPS) is 10.3. The molecule has 2 aromatic heterocycles. The van der Waals surface area contributed by atoms with Crippen LogP contribution in [-0.2, 0) is 6.54 Å². The van der Waals surface area contributed by atoms with Gasteiger partial charge >= 0.3 is 0 Å². The van der Waals surface area contributed by atoms with Crippen LogP contribution < -0.4 is 10.6 Å². The number of hydrogen-bond acceptors (Lipinski definition) is 5. The average Bonchev–Trinajstić information content (AvgIpc) is 2.61. The highest BCUT2D eigenvalue weighted by Crippen LogP contribution is 2.21. The number of benzene rings is 1. The summed E-state index contributed by atoms with van der Waals surface area (Å²) in [6, 6.07) is 14.0. The Labute approximate surface area is 143 Å². The minimum atomic E-state index is 0.574. The molecule has 2 heterocycles. The van der Waals surface area contributed by atoms with Crippen molar-refractivity contribution in [2.75, 3.05) is 17.7 Å².